The number of H-pyrrole nitrogens is 1. The minimum absolute atomic E-state index is 0.330. The third-order valence-electron chi connectivity index (χ3n) is 4.65. The summed E-state index contributed by atoms with van der Waals surface area (Å²) in [4.78, 5) is 29.8. The molecular weight excluding hydrogens is 385 g/mol. The Morgan fingerprint density at radius 2 is 2.03 bits per heavy atom. The van der Waals surface area contributed by atoms with E-state index in [0.717, 1.165) is 23.5 Å². The molecule has 1 saturated heterocycles. The average Bonchev–Trinajstić information content (AvgIpc) is 3.40. The van der Waals surface area contributed by atoms with Crippen molar-refractivity contribution < 1.29 is 18.0 Å². The van der Waals surface area contributed by atoms with Crippen LogP contribution in [0.15, 0.2) is 48.9 Å². The van der Waals surface area contributed by atoms with Gasteiger partial charge in [0.05, 0.1) is 17.0 Å². The monoisotopic (exact) mass is 402 g/mol. The number of aromatic amines is 1. The molecule has 4 heterocycles. The van der Waals surface area contributed by atoms with Gasteiger partial charge in [-0.05, 0) is 36.8 Å². The maximum Gasteiger partial charge on any atom is 0.418 e. The summed E-state index contributed by atoms with van der Waals surface area (Å²) < 4.78 is 39.3. The molecule has 10 heteroatoms. The van der Waals surface area contributed by atoms with Gasteiger partial charge in [0.25, 0.3) is 5.91 Å². The van der Waals surface area contributed by atoms with E-state index in [1.807, 2.05) is 17.0 Å². The van der Waals surface area contributed by atoms with Gasteiger partial charge in [0.2, 0.25) is 5.95 Å². The van der Waals surface area contributed by atoms with E-state index >= 15 is 0 Å². The van der Waals surface area contributed by atoms with Gasteiger partial charge in [-0.2, -0.15) is 13.2 Å². The van der Waals surface area contributed by atoms with Crippen LogP contribution in [0.2, 0.25) is 0 Å². The second kappa shape index (κ2) is 7.53. The number of nitrogens with one attached hydrogen (secondary N) is 2. The number of amides is 1. The molecule has 4 rings (SSSR count). The molecule has 1 unspecified atom stereocenters. The molecule has 7 nitrogen and oxygen atoms in total. The highest BCUT2D eigenvalue weighted by molar-refractivity contribution is 5.94. The first-order valence-electron chi connectivity index (χ1n) is 8.96. The predicted octanol–water partition coefficient (Wildman–Crippen LogP) is 2.89. The molecule has 3 aromatic heterocycles. The van der Waals surface area contributed by atoms with E-state index < -0.39 is 23.3 Å². The normalized spacial score (nSPS) is 16.8. The standard InChI is InChI=1S/C19H17F3N6O/c20-19(21,22)13-3-1-8-24-16(13)17(29)26-12-6-10-28(11-12)18-25-9-5-15(27-18)14-4-2-7-23-14/h1-5,7-9,12,23H,6,10-11H2,(H,26,29). The summed E-state index contributed by atoms with van der Waals surface area (Å²) in [5.74, 6) is -0.339. The highest BCUT2D eigenvalue weighted by Gasteiger charge is 2.36. The van der Waals surface area contributed by atoms with Crippen LogP contribution in [-0.2, 0) is 6.18 Å². The zero-order valence-corrected chi connectivity index (χ0v) is 15.1. The van der Waals surface area contributed by atoms with Gasteiger partial charge in [-0.3, -0.25) is 9.78 Å². The molecule has 1 fully saturated rings. The summed E-state index contributed by atoms with van der Waals surface area (Å²) in [5.41, 5.74) is -0.0823. The van der Waals surface area contributed by atoms with Gasteiger partial charge < -0.3 is 15.2 Å². The maximum atomic E-state index is 13.1. The highest BCUT2D eigenvalue weighted by atomic mass is 19.4. The quantitative estimate of drug-likeness (QED) is 0.701. The lowest BCUT2D eigenvalue weighted by Crippen LogP contribution is -2.38. The minimum Gasteiger partial charge on any atom is -0.360 e. The first-order chi connectivity index (χ1) is 13.9. The smallest absolute Gasteiger partial charge is 0.360 e. The van der Waals surface area contributed by atoms with Crippen LogP contribution < -0.4 is 10.2 Å². The molecule has 29 heavy (non-hydrogen) atoms. The van der Waals surface area contributed by atoms with Gasteiger partial charge in [-0.25, -0.2) is 9.97 Å². The summed E-state index contributed by atoms with van der Waals surface area (Å²) in [7, 11) is 0. The molecule has 3 aromatic rings. The molecule has 1 aliphatic rings. The van der Waals surface area contributed by atoms with Crippen molar-refractivity contribution in [2.45, 2.75) is 18.6 Å². The summed E-state index contributed by atoms with van der Waals surface area (Å²) >= 11 is 0. The molecule has 1 atom stereocenters. The van der Waals surface area contributed by atoms with Crippen molar-refractivity contribution in [3.05, 3.63) is 60.2 Å². The molecule has 0 aromatic carbocycles. The van der Waals surface area contributed by atoms with E-state index in [4.69, 9.17) is 0 Å². The van der Waals surface area contributed by atoms with Crippen molar-refractivity contribution in [2.75, 3.05) is 18.0 Å². The zero-order valence-electron chi connectivity index (χ0n) is 15.1. The topological polar surface area (TPSA) is 86.8 Å². The van der Waals surface area contributed by atoms with E-state index in [1.54, 1.807) is 18.5 Å². The number of aromatic nitrogens is 4. The van der Waals surface area contributed by atoms with E-state index in [-0.39, 0.29) is 6.04 Å². The number of hydrogen-bond acceptors (Lipinski definition) is 5. The molecule has 1 aliphatic heterocycles. The van der Waals surface area contributed by atoms with E-state index in [2.05, 4.69) is 25.3 Å². The fourth-order valence-electron chi connectivity index (χ4n) is 3.27. The Morgan fingerprint density at radius 3 is 2.79 bits per heavy atom. The number of nitrogens with zero attached hydrogens (tertiary/aromatic N) is 4. The van der Waals surface area contributed by atoms with Crippen LogP contribution in [0.3, 0.4) is 0 Å². The van der Waals surface area contributed by atoms with Crippen LogP contribution in [0.4, 0.5) is 19.1 Å². The van der Waals surface area contributed by atoms with Crippen LogP contribution >= 0.6 is 0 Å². The number of rotatable bonds is 4. The second-order valence-electron chi connectivity index (χ2n) is 6.63. The Kier molecular flexibility index (Phi) is 4.91. The van der Waals surface area contributed by atoms with Gasteiger partial charge >= 0.3 is 6.18 Å². The highest BCUT2D eigenvalue weighted by Crippen LogP contribution is 2.31. The van der Waals surface area contributed by atoms with Crippen LogP contribution in [0.25, 0.3) is 11.4 Å². The molecule has 2 N–H and O–H groups in total. The van der Waals surface area contributed by atoms with Crippen molar-refractivity contribution >= 4 is 11.9 Å². The molecule has 0 spiro atoms. The van der Waals surface area contributed by atoms with Crippen LogP contribution in [0.5, 0.6) is 0 Å². The first-order valence-corrected chi connectivity index (χ1v) is 8.96. The third kappa shape index (κ3) is 4.05. The Bertz CT molecular complexity index is 1010. The molecule has 1 amide bonds. The average molecular weight is 402 g/mol. The minimum atomic E-state index is -4.64. The Hall–Kier alpha value is -3.43. The molecular formula is C19H17F3N6O. The number of pyridine rings is 1. The van der Waals surface area contributed by atoms with Crippen LogP contribution in [-0.4, -0.2) is 45.0 Å². The summed E-state index contributed by atoms with van der Waals surface area (Å²) in [6, 6.07) is 7.22. The van der Waals surface area contributed by atoms with Gasteiger partial charge in [0.1, 0.15) is 5.69 Å². The Balaban J connectivity index is 1.45. The molecule has 0 aliphatic carbocycles. The SMILES string of the molecule is O=C(NC1CCN(c2nccc(-c3ccc[nH]3)n2)C1)c1ncccc1C(F)(F)F. The van der Waals surface area contributed by atoms with Crippen LogP contribution in [0.1, 0.15) is 22.5 Å². The largest absolute Gasteiger partial charge is 0.418 e. The third-order valence-corrected chi connectivity index (χ3v) is 4.65. The van der Waals surface area contributed by atoms with Gasteiger partial charge in [-0.1, -0.05) is 0 Å². The lowest BCUT2D eigenvalue weighted by molar-refractivity contribution is -0.138. The first kappa shape index (κ1) is 18.9. The van der Waals surface area contributed by atoms with Crippen molar-refractivity contribution in [1.29, 1.82) is 0 Å². The summed E-state index contributed by atoms with van der Waals surface area (Å²) in [6.07, 6.45) is 0.537. The van der Waals surface area contributed by atoms with E-state index in [0.29, 0.717) is 25.5 Å². The van der Waals surface area contributed by atoms with E-state index in [1.165, 1.54) is 6.20 Å². The fourth-order valence-corrected chi connectivity index (χ4v) is 3.27. The van der Waals surface area contributed by atoms with Crippen molar-refractivity contribution in [3.63, 3.8) is 0 Å². The summed E-state index contributed by atoms with van der Waals surface area (Å²) in [5, 5.41) is 2.64. The van der Waals surface area contributed by atoms with Crippen LogP contribution in [0, 0.1) is 0 Å². The second-order valence-corrected chi connectivity index (χ2v) is 6.63. The number of alkyl halides is 3. The van der Waals surface area contributed by atoms with Gasteiger partial charge in [-0.15, -0.1) is 0 Å². The molecule has 0 radical (unpaired) electrons. The number of hydrogen-bond donors (Lipinski definition) is 2. The maximum absolute atomic E-state index is 13.1. The van der Waals surface area contributed by atoms with E-state index in [9.17, 15) is 18.0 Å². The molecule has 0 saturated carbocycles. The van der Waals surface area contributed by atoms with Crippen molar-refractivity contribution in [1.82, 2.24) is 25.3 Å². The molecule has 150 valence electrons. The van der Waals surface area contributed by atoms with Gasteiger partial charge in [0.15, 0.2) is 0 Å². The Morgan fingerprint density at radius 1 is 1.17 bits per heavy atom. The summed E-state index contributed by atoms with van der Waals surface area (Å²) in [6.45, 7) is 0.974. The zero-order chi connectivity index (χ0) is 20.4. The number of carbonyl (C=O) groups excluding carboxylic acids is 1. The number of halogens is 3. The number of carbonyl (C=O) groups is 1. The predicted molar refractivity (Wildman–Crippen MR) is 99.1 cm³/mol. The van der Waals surface area contributed by atoms with Gasteiger partial charge in [0, 0.05) is 37.7 Å². The number of anilines is 1. The Labute approximate surface area is 164 Å². The fraction of sp³-hybridized carbons (Fsp3) is 0.263. The molecule has 0 bridgehead atoms. The van der Waals surface area contributed by atoms with Crippen molar-refractivity contribution in [3.8, 4) is 11.4 Å². The van der Waals surface area contributed by atoms with Crippen molar-refractivity contribution in [2.24, 2.45) is 0 Å². The lowest BCUT2D eigenvalue weighted by Gasteiger charge is -2.18. The lowest BCUT2D eigenvalue weighted by atomic mass is 10.1.